The molecule has 0 spiro atoms. The average Bonchev–Trinajstić information content (AvgIpc) is 2.83. The highest BCUT2D eigenvalue weighted by molar-refractivity contribution is 6.34. The van der Waals surface area contributed by atoms with Crippen LogP contribution in [-0.4, -0.2) is 46.2 Å². The first-order valence-corrected chi connectivity index (χ1v) is 11.9. The molecule has 188 valence electrons. The lowest BCUT2D eigenvalue weighted by Gasteiger charge is -2.36. The third-order valence-electron chi connectivity index (χ3n) is 7.16. The number of methoxy groups -OCH3 is 1. The Balaban J connectivity index is 1.98. The van der Waals surface area contributed by atoms with Crippen molar-refractivity contribution in [2.24, 2.45) is 5.92 Å². The van der Waals surface area contributed by atoms with Gasteiger partial charge in [0.15, 0.2) is 17.3 Å². The molecule has 2 aromatic carbocycles. The Morgan fingerprint density at radius 1 is 1.06 bits per heavy atom. The molecule has 35 heavy (non-hydrogen) atoms. The number of hydrogen-bond acceptors (Lipinski definition) is 8. The van der Waals surface area contributed by atoms with E-state index in [1.807, 2.05) is 13.8 Å². The van der Waals surface area contributed by atoms with Crippen molar-refractivity contribution in [2.45, 2.75) is 59.0 Å². The van der Waals surface area contributed by atoms with Gasteiger partial charge in [-0.2, -0.15) is 0 Å². The Hall–Kier alpha value is -3.13. The molecule has 3 N–H and O–H groups in total. The summed E-state index contributed by atoms with van der Waals surface area (Å²) in [6, 6.07) is 0. The van der Waals surface area contributed by atoms with Gasteiger partial charge in [0.05, 0.1) is 26.1 Å². The quantitative estimate of drug-likeness (QED) is 0.514. The van der Waals surface area contributed by atoms with Gasteiger partial charge in [-0.25, -0.2) is 0 Å². The van der Waals surface area contributed by atoms with Crippen LogP contribution >= 0.6 is 11.6 Å². The van der Waals surface area contributed by atoms with Crippen molar-refractivity contribution >= 4 is 23.2 Å². The van der Waals surface area contributed by atoms with E-state index in [1.54, 1.807) is 13.8 Å². The molecule has 0 aromatic heterocycles. The fourth-order valence-corrected chi connectivity index (χ4v) is 5.00. The molecule has 0 bridgehead atoms. The molecule has 0 fully saturated rings. The minimum absolute atomic E-state index is 0.000178. The van der Waals surface area contributed by atoms with Crippen molar-refractivity contribution in [1.29, 1.82) is 0 Å². The van der Waals surface area contributed by atoms with Crippen LogP contribution in [0.4, 0.5) is 0 Å². The van der Waals surface area contributed by atoms with Gasteiger partial charge >= 0.3 is 0 Å². The van der Waals surface area contributed by atoms with E-state index in [4.69, 9.17) is 25.8 Å². The van der Waals surface area contributed by atoms with Crippen LogP contribution in [0.25, 0.3) is 0 Å². The summed E-state index contributed by atoms with van der Waals surface area (Å²) in [5.74, 6) is -1.72. The van der Waals surface area contributed by atoms with Gasteiger partial charge in [-0.15, -0.1) is 0 Å². The Kier molecular flexibility index (Phi) is 6.30. The number of phenols is 3. The first kappa shape index (κ1) is 25.0. The molecule has 2 atom stereocenters. The number of fused-ring (bicyclic) bond motifs is 2. The molecule has 8 nitrogen and oxygen atoms in total. The largest absolute Gasteiger partial charge is 0.507 e. The smallest absolute Gasteiger partial charge is 0.176 e. The van der Waals surface area contributed by atoms with Gasteiger partial charge in [0.2, 0.25) is 0 Å². The van der Waals surface area contributed by atoms with Crippen LogP contribution in [0, 0.1) is 12.8 Å². The molecule has 2 aliphatic heterocycles. The van der Waals surface area contributed by atoms with Crippen molar-refractivity contribution in [2.75, 3.05) is 13.7 Å². The highest BCUT2D eigenvalue weighted by atomic mass is 35.5. The van der Waals surface area contributed by atoms with E-state index in [2.05, 4.69) is 0 Å². The van der Waals surface area contributed by atoms with E-state index in [-0.39, 0.29) is 82.2 Å². The Bertz CT molecular complexity index is 1250. The maximum Gasteiger partial charge on any atom is 0.176 e. The fraction of sp³-hybridized carbons (Fsp3) is 0.462. The number of ether oxygens (including phenoxy) is 3. The van der Waals surface area contributed by atoms with E-state index in [1.165, 1.54) is 7.11 Å². The summed E-state index contributed by atoms with van der Waals surface area (Å²) in [4.78, 5) is 26.2. The molecule has 0 aliphatic carbocycles. The minimum Gasteiger partial charge on any atom is -0.507 e. The van der Waals surface area contributed by atoms with Crippen molar-refractivity contribution in [3.63, 3.8) is 0 Å². The monoisotopic (exact) mass is 504 g/mol. The standard InChI is InChI=1S/C26H29ClO8/c1-6-12-10-34-24-13(19(29)11(3)23(33-5)17(24)20(12)30)8-14-21(31)18(27)22(32)16-15(28)9-26(4,7-2)35-25(14)16/h12,29,31-32H,6-10H2,1-5H3. The molecule has 0 saturated heterocycles. The van der Waals surface area contributed by atoms with Crippen molar-refractivity contribution < 1.29 is 39.1 Å². The third-order valence-corrected chi connectivity index (χ3v) is 7.51. The summed E-state index contributed by atoms with van der Waals surface area (Å²) in [6.45, 7) is 7.27. The molecular formula is C26H29ClO8. The molecule has 4 rings (SSSR count). The number of phenolic OH excluding ortho intramolecular Hbond substituents is 3. The summed E-state index contributed by atoms with van der Waals surface area (Å²) < 4.78 is 17.6. The van der Waals surface area contributed by atoms with Gasteiger partial charge in [-0.1, -0.05) is 25.4 Å². The van der Waals surface area contributed by atoms with Crippen LogP contribution in [0.3, 0.4) is 0 Å². The molecule has 9 heteroatoms. The SMILES string of the molecule is CCC1COc2c(Cc3c(O)c(Cl)c(O)c4c3OC(C)(CC)CC4=O)c(O)c(C)c(OC)c2C1=O. The number of ketones is 2. The molecule has 0 saturated carbocycles. The van der Waals surface area contributed by atoms with E-state index in [0.717, 1.165) is 0 Å². The summed E-state index contributed by atoms with van der Waals surface area (Å²) >= 11 is 6.20. The summed E-state index contributed by atoms with van der Waals surface area (Å²) in [5.41, 5.74) is -0.0843. The van der Waals surface area contributed by atoms with Crippen molar-refractivity contribution in [1.82, 2.24) is 0 Å². The third kappa shape index (κ3) is 3.75. The maximum absolute atomic E-state index is 13.2. The number of benzene rings is 2. The molecule has 0 amide bonds. The van der Waals surface area contributed by atoms with Gasteiger partial charge in [0, 0.05) is 23.1 Å². The second-order valence-electron chi connectivity index (χ2n) is 9.35. The second kappa shape index (κ2) is 8.82. The molecule has 2 heterocycles. The summed E-state index contributed by atoms with van der Waals surface area (Å²) in [6.07, 6.45) is 0.928. The van der Waals surface area contributed by atoms with Crippen LogP contribution < -0.4 is 14.2 Å². The van der Waals surface area contributed by atoms with Crippen LogP contribution in [0.1, 0.15) is 77.4 Å². The Morgan fingerprint density at radius 2 is 1.71 bits per heavy atom. The fourth-order valence-electron chi connectivity index (χ4n) is 4.79. The predicted molar refractivity (Wildman–Crippen MR) is 129 cm³/mol. The lowest BCUT2D eigenvalue weighted by atomic mass is 9.85. The van der Waals surface area contributed by atoms with Crippen LogP contribution in [-0.2, 0) is 6.42 Å². The van der Waals surface area contributed by atoms with E-state index < -0.39 is 22.1 Å². The summed E-state index contributed by atoms with van der Waals surface area (Å²) in [7, 11) is 1.41. The van der Waals surface area contributed by atoms with Crippen molar-refractivity contribution in [3.8, 4) is 34.5 Å². The van der Waals surface area contributed by atoms with E-state index in [9.17, 15) is 24.9 Å². The lowest BCUT2D eigenvalue weighted by molar-refractivity contribution is 0.0485. The van der Waals surface area contributed by atoms with E-state index in [0.29, 0.717) is 18.4 Å². The number of hydrogen-bond donors (Lipinski definition) is 3. The van der Waals surface area contributed by atoms with Gasteiger partial charge < -0.3 is 29.5 Å². The maximum atomic E-state index is 13.2. The molecule has 2 aliphatic rings. The van der Waals surface area contributed by atoms with E-state index >= 15 is 0 Å². The highest BCUT2D eigenvalue weighted by Gasteiger charge is 2.42. The molecule has 2 unspecified atom stereocenters. The zero-order valence-electron chi connectivity index (χ0n) is 20.4. The Labute approximate surface area is 208 Å². The number of Topliss-reactive ketones (excluding diaryl/α,β-unsaturated/α-hetero) is 2. The number of aromatic hydroxyl groups is 3. The van der Waals surface area contributed by atoms with Crippen LogP contribution in [0.2, 0.25) is 5.02 Å². The number of rotatable bonds is 5. The van der Waals surface area contributed by atoms with Gasteiger partial charge in [-0.3, -0.25) is 9.59 Å². The average molecular weight is 505 g/mol. The predicted octanol–water partition coefficient (Wildman–Crippen LogP) is 5.10. The van der Waals surface area contributed by atoms with Crippen molar-refractivity contribution in [3.05, 3.63) is 32.8 Å². The zero-order chi connectivity index (χ0) is 25.8. The summed E-state index contributed by atoms with van der Waals surface area (Å²) in [5, 5.41) is 32.2. The number of carbonyl (C=O) groups excluding carboxylic acids is 2. The topological polar surface area (TPSA) is 123 Å². The number of halogens is 1. The minimum atomic E-state index is -0.857. The van der Waals surface area contributed by atoms with Gasteiger partial charge in [0.1, 0.15) is 50.5 Å². The normalized spacial score (nSPS) is 21.1. The first-order valence-electron chi connectivity index (χ1n) is 11.6. The van der Waals surface area contributed by atoms with Gasteiger partial charge in [-0.05, 0) is 26.7 Å². The highest BCUT2D eigenvalue weighted by Crippen LogP contribution is 2.53. The first-order chi connectivity index (χ1) is 16.5. The molecule has 2 aromatic rings. The zero-order valence-corrected chi connectivity index (χ0v) is 21.1. The van der Waals surface area contributed by atoms with Crippen LogP contribution in [0.5, 0.6) is 34.5 Å². The number of carbonyl (C=O) groups is 2. The Morgan fingerprint density at radius 3 is 2.31 bits per heavy atom. The lowest BCUT2D eigenvalue weighted by Crippen LogP contribution is -2.39. The molecular weight excluding hydrogens is 476 g/mol. The van der Waals surface area contributed by atoms with Gasteiger partial charge in [0.25, 0.3) is 0 Å². The second-order valence-corrected chi connectivity index (χ2v) is 9.72. The van der Waals surface area contributed by atoms with Crippen LogP contribution in [0.15, 0.2) is 0 Å². The molecule has 0 radical (unpaired) electrons.